The molecule has 1 aromatic rings. The summed E-state index contributed by atoms with van der Waals surface area (Å²) in [4.78, 5) is 14.2. The fourth-order valence-electron chi connectivity index (χ4n) is 2.39. The van der Waals surface area contributed by atoms with Gasteiger partial charge in [0.15, 0.2) is 0 Å². The summed E-state index contributed by atoms with van der Waals surface area (Å²) in [7, 11) is 1.96. The van der Waals surface area contributed by atoms with Crippen molar-refractivity contribution in [3.8, 4) is 0 Å². The van der Waals surface area contributed by atoms with Crippen molar-refractivity contribution in [2.24, 2.45) is 5.41 Å². The molecule has 0 amide bonds. The first kappa shape index (κ1) is 15.5. The van der Waals surface area contributed by atoms with Gasteiger partial charge in [-0.05, 0) is 19.8 Å². The molecule has 2 heterocycles. The van der Waals surface area contributed by atoms with Gasteiger partial charge in [-0.25, -0.2) is 4.68 Å². The van der Waals surface area contributed by atoms with Gasteiger partial charge in [0.05, 0.1) is 18.4 Å². The maximum Gasteiger partial charge on any atom is 0.268 e. The number of ether oxygens (including phenoxy) is 1. The molecule has 1 saturated heterocycles. The summed E-state index contributed by atoms with van der Waals surface area (Å²) in [5, 5.41) is 5.20. The first-order valence-corrected chi connectivity index (χ1v) is 8.14. The van der Waals surface area contributed by atoms with E-state index >= 15 is 0 Å². The van der Waals surface area contributed by atoms with Crippen LogP contribution in [0.4, 0.5) is 5.69 Å². The van der Waals surface area contributed by atoms with Crippen molar-refractivity contribution in [2.45, 2.75) is 26.3 Å². The fourth-order valence-corrected chi connectivity index (χ4v) is 3.13. The average molecular weight is 344 g/mol. The summed E-state index contributed by atoms with van der Waals surface area (Å²) < 4.78 is 7.01. The molecule has 0 unspecified atom stereocenters. The van der Waals surface area contributed by atoms with Gasteiger partial charge < -0.3 is 9.64 Å². The number of halogens is 1. The standard InChI is InChI=1S/C14H22BrN3O2/c1-3-17(2)12-8-13(19)18(16-9-12)11-14(10-15)4-6-20-7-5-14/h8-9H,3-7,10-11H2,1-2H3. The zero-order valence-corrected chi connectivity index (χ0v) is 13.7. The van der Waals surface area contributed by atoms with Crippen molar-refractivity contribution in [3.63, 3.8) is 0 Å². The molecule has 1 fully saturated rings. The van der Waals surface area contributed by atoms with Crippen molar-refractivity contribution in [1.29, 1.82) is 0 Å². The highest BCUT2D eigenvalue weighted by molar-refractivity contribution is 9.09. The van der Waals surface area contributed by atoms with E-state index in [1.165, 1.54) is 0 Å². The minimum Gasteiger partial charge on any atom is -0.381 e. The lowest BCUT2D eigenvalue weighted by molar-refractivity contribution is 0.0163. The smallest absolute Gasteiger partial charge is 0.268 e. The molecule has 2 rings (SSSR count). The SMILES string of the molecule is CCN(C)c1cnn(CC2(CBr)CCOCC2)c(=O)c1. The lowest BCUT2D eigenvalue weighted by atomic mass is 9.82. The molecule has 0 bridgehead atoms. The monoisotopic (exact) mass is 343 g/mol. The normalized spacial score (nSPS) is 17.9. The van der Waals surface area contributed by atoms with E-state index in [4.69, 9.17) is 4.74 Å². The van der Waals surface area contributed by atoms with E-state index in [0.717, 1.165) is 43.6 Å². The average Bonchev–Trinajstić information content (AvgIpc) is 2.49. The summed E-state index contributed by atoms with van der Waals surface area (Å²) in [6.07, 6.45) is 3.69. The van der Waals surface area contributed by atoms with Gasteiger partial charge in [-0.3, -0.25) is 4.79 Å². The molecule has 20 heavy (non-hydrogen) atoms. The molecular weight excluding hydrogens is 322 g/mol. The Hall–Kier alpha value is -0.880. The van der Waals surface area contributed by atoms with Crippen molar-refractivity contribution in [2.75, 3.05) is 37.0 Å². The Labute approximate surface area is 128 Å². The van der Waals surface area contributed by atoms with Crippen molar-refractivity contribution in [3.05, 3.63) is 22.6 Å². The minimum atomic E-state index is -0.0328. The molecule has 1 aliphatic rings. The van der Waals surface area contributed by atoms with Gasteiger partial charge in [-0.1, -0.05) is 15.9 Å². The highest BCUT2D eigenvalue weighted by Crippen LogP contribution is 2.33. The Morgan fingerprint density at radius 2 is 2.20 bits per heavy atom. The molecule has 0 saturated carbocycles. The quantitative estimate of drug-likeness (QED) is 0.766. The van der Waals surface area contributed by atoms with E-state index in [9.17, 15) is 4.79 Å². The van der Waals surface area contributed by atoms with Crippen LogP contribution in [0.3, 0.4) is 0 Å². The second-order valence-electron chi connectivity index (χ2n) is 5.47. The lowest BCUT2D eigenvalue weighted by Gasteiger charge is -2.35. The summed E-state index contributed by atoms with van der Waals surface area (Å²) in [6, 6.07) is 1.66. The number of alkyl halides is 1. The third-order valence-corrected chi connectivity index (χ3v) is 5.28. The largest absolute Gasteiger partial charge is 0.381 e. The molecule has 1 aliphatic heterocycles. The van der Waals surface area contributed by atoms with Crippen LogP contribution >= 0.6 is 15.9 Å². The summed E-state index contributed by atoms with van der Waals surface area (Å²) in [5.74, 6) is 0. The van der Waals surface area contributed by atoms with Gasteiger partial charge in [0.25, 0.3) is 5.56 Å². The number of aromatic nitrogens is 2. The van der Waals surface area contributed by atoms with Crippen LogP contribution in [-0.2, 0) is 11.3 Å². The van der Waals surface area contributed by atoms with E-state index in [2.05, 4.69) is 21.0 Å². The molecule has 0 atom stereocenters. The van der Waals surface area contributed by atoms with Crippen molar-refractivity contribution in [1.82, 2.24) is 9.78 Å². The fraction of sp³-hybridized carbons (Fsp3) is 0.714. The van der Waals surface area contributed by atoms with Crippen LogP contribution in [0.1, 0.15) is 19.8 Å². The third-order valence-electron chi connectivity index (χ3n) is 4.09. The number of hydrogen-bond donors (Lipinski definition) is 0. The molecule has 0 spiro atoms. The second-order valence-corrected chi connectivity index (χ2v) is 6.03. The van der Waals surface area contributed by atoms with Crippen LogP contribution in [0.25, 0.3) is 0 Å². The van der Waals surface area contributed by atoms with E-state index < -0.39 is 0 Å². The first-order valence-electron chi connectivity index (χ1n) is 7.02. The molecule has 0 aliphatic carbocycles. The molecule has 0 radical (unpaired) electrons. The van der Waals surface area contributed by atoms with Gasteiger partial charge in [0.1, 0.15) is 0 Å². The van der Waals surface area contributed by atoms with Gasteiger partial charge in [0, 0.05) is 43.6 Å². The summed E-state index contributed by atoms with van der Waals surface area (Å²) >= 11 is 3.59. The van der Waals surface area contributed by atoms with Crippen LogP contribution in [-0.4, -0.2) is 41.9 Å². The predicted molar refractivity (Wildman–Crippen MR) is 83.7 cm³/mol. The molecule has 1 aromatic heterocycles. The topological polar surface area (TPSA) is 47.4 Å². The zero-order valence-electron chi connectivity index (χ0n) is 12.1. The van der Waals surface area contributed by atoms with Gasteiger partial charge in [-0.15, -0.1) is 0 Å². The Morgan fingerprint density at radius 1 is 1.50 bits per heavy atom. The first-order chi connectivity index (χ1) is 9.60. The van der Waals surface area contributed by atoms with E-state index in [0.29, 0.717) is 6.54 Å². The van der Waals surface area contributed by atoms with Crippen LogP contribution in [0.2, 0.25) is 0 Å². The molecule has 0 N–H and O–H groups in total. The van der Waals surface area contributed by atoms with E-state index in [1.54, 1.807) is 16.9 Å². The van der Waals surface area contributed by atoms with Gasteiger partial charge >= 0.3 is 0 Å². The van der Waals surface area contributed by atoms with Crippen LogP contribution in [0, 0.1) is 5.41 Å². The molecular formula is C14H22BrN3O2. The maximum atomic E-state index is 12.2. The van der Waals surface area contributed by atoms with Gasteiger partial charge in [0.2, 0.25) is 0 Å². The Morgan fingerprint density at radius 3 is 2.75 bits per heavy atom. The minimum absolute atomic E-state index is 0.0328. The number of hydrogen-bond acceptors (Lipinski definition) is 4. The third kappa shape index (κ3) is 3.41. The van der Waals surface area contributed by atoms with Crippen LogP contribution in [0.15, 0.2) is 17.1 Å². The lowest BCUT2D eigenvalue weighted by Crippen LogP contribution is -2.39. The van der Waals surface area contributed by atoms with Gasteiger partial charge in [-0.2, -0.15) is 5.10 Å². The zero-order chi connectivity index (χ0) is 14.6. The second kappa shape index (κ2) is 6.72. The van der Waals surface area contributed by atoms with Crippen molar-refractivity contribution < 1.29 is 4.74 Å². The highest BCUT2D eigenvalue weighted by Gasteiger charge is 2.32. The summed E-state index contributed by atoms with van der Waals surface area (Å²) in [5.41, 5.74) is 0.913. The predicted octanol–water partition coefficient (Wildman–Crippen LogP) is 1.89. The number of rotatable bonds is 5. The van der Waals surface area contributed by atoms with Crippen molar-refractivity contribution >= 4 is 21.6 Å². The summed E-state index contributed by atoms with van der Waals surface area (Å²) in [6.45, 7) is 5.08. The molecule has 6 heteroatoms. The van der Waals surface area contributed by atoms with Crippen LogP contribution in [0.5, 0.6) is 0 Å². The molecule has 0 aromatic carbocycles. The Kier molecular flexibility index (Phi) is 5.21. The maximum absolute atomic E-state index is 12.2. The number of anilines is 1. The highest BCUT2D eigenvalue weighted by atomic mass is 79.9. The molecule has 112 valence electrons. The number of nitrogens with zero attached hydrogens (tertiary/aromatic N) is 3. The molecule has 5 nitrogen and oxygen atoms in total. The van der Waals surface area contributed by atoms with E-state index in [1.807, 2.05) is 18.9 Å². The van der Waals surface area contributed by atoms with Crippen LogP contribution < -0.4 is 10.5 Å². The Balaban J connectivity index is 2.18. The Bertz CT molecular complexity index is 497. The van der Waals surface area contributed by atoms with E-state index in [-0.39, 0.29) is 11.0 Å².